The maximum atomic E-state index is 14.2. The van der Waals surface area contributed by atoms with Crippen LogP contribution < -0.4 is 4.90 Å². The third-order valence-corrected chi connectivity index (χ3v) is 5.69. The molecule has 2 heterocycles. The Bertz CT molecular complexity index is 1340. The zero-order valence-electron chi connectivity index (χ0n) is 17.3. The lowest BCUT2D eigenvalue weighted by molar-refractivity contribution is 0.629. The van der Waals surface area contributed by atoms with E-state index >= 15 is 0 Å². The van der Waals surface area contributed by atoms with Gasteiger partial charge in [0, 0.05) is 28.6 Å². The first-order valence-electron chi connectivity index (χ1n) is 10.2. The van der Waals surface area contributed by atoms with Crippen molar-refractivity contribution >= 4 is 28.2 Å². The van der Waals surface area contributed by atoms with Gasteiger partial charge in [-0.2, -0.15) is 4.98 Å². The van der Waals surface area contributed by atoms with Gasteiger partial charge in [-0.15, -0.1) is 10.2 Å². The SMILES string of the molecule is CCN(c1cccc(C#CC2(C)CC2)c1)c1nc2nnc(C)n2c2ccc(F)cc12. The third-order valence-electron chi connectivity index (χ3n) is 5.69. The number of anilines is 2. The minimum absolute atomic E-state index is 0.173. The van der Waals surface area contributed by atoms with Crippen LogP contribution in [0.2, 0.25) is 0 Å². The first-order chi connectivity index (χ1) is 14.5. The van der Waals surface area contributed by atoms with Crippen LogP contribution in [0.1, 0.15) is 38.1 Å². The van der Waals surface area contributed by atoms with Crippen LogP contribution in [0.5, 0.6) is 0 Å². The summed E-state index contributed by atoms with van der Waals surface area (Å²) in [6.07, 6.45) is 2.33. The summed E-state index contributed by atoms with van der Waals surface area (Å²) in [6.45, 7) is 6.78. The van der Waals surface area contributed by atoms with Gasteiger partial charge >= 0.3 is 0 Å². The number of fused-ring (bicyclic) bond motifs is 3. The van der Waals surface area contributed by atoms with Crippen molar-refractivity contribution in [2.24, 2.45) is 5.41 Å². The van der Waals surface area contributed by atoms with Crippen LogP contribution in [0, 0.1) is 30.0 Å². The minimum Gasteiger partial charge on any atom is -0.326 e. The lowest BCUT2D eigenvalue weighted by Crippen LogP contribution is -2.18. The Morgan fingerprint density at radius 1 is 1.17 bits per heavy atom. The molecule has 0 saturated heterocycles. The summed E-state index contributed by atoms with van der Waals surface area (Å²) in [5.41, 5.74) is 2.93. The summed E-state index contributed by atoms with van der Waals surface area (Å²) in [7, 11) is 0. The number of aryl methyl sites for hydroxylation is 1. The van der Waals surface area contributed by atoms with Gasteiger partial charge in [-0.1, -0.05) is 17.9 Å². The highest BCUT2D eigenvalue weighted by molar-refractivity contribution is 5.93. The molecule has 0 aliphatic heterocycles. The van der Waals surface area contributed by atoms with E-state index in [0.717, 1.165) is 22.6 Å². The lowest BCUT2D eigenvalue weighted by Gasteiger charge is -2.24. The summed E-state index contributed by atoms with van der Waals surface area (Å²) < 4.78 is 16.0. The Hall–Kier alpha value is -3.46. The molecule has 1 saturated carbocycles. The Morgan fingerprint density at radius 3 is 2.77 bits per heavy atom. The van der Waals surface area contributed by atoms with E-state index in [4.69, 9.17) is 4.98 Å². The topological polar surface area (TPSA) is 46.3 Å². The molecule has 2 aromatic carbocycles. The van der Waals surface area contributed by atoms with E-state index in [9.17, 15) is 4.39 Å². The standard InChI is InChI=1S/C24H22FN5/c1-4-29(19-7-5-6-17(14-19)10-11-24(3)12-13-24)22-20-15-18(25)8-9-21(20)30-16(2)27-28-23(30)26-22/h5-9,14-15H,4,12-13H2,1-3H3. The van der Waals surface area contributed by atoms with E-state index in [2.05, 4.69) is 46.9 Å². The van der Waals surface area contributed by atoms with Crippen LogP contribution in [0.3, 0.4) is 0 Å². The van der Waals surface area contributed by atoms with Crippen molar-refractivity contribution in [3.05, 3.63) is 59.7 Å². The maximum Gasteiger partial charge on any atom is 0.257 e. The molecule has 1 aliphatic carbocycles. The molecule has 6 heteroatoms. The van der Waals surface area contributed by atoms with Crippen molar-refractivity contribution < 1.29 is 4.39 Å². The Balaban J connectivity index is 1.67. The van der Waals surface area contributed by atoms with Crippen molar-refractivity contribution in [3.63, 3.8) is 0 Å². The van der Waals surface area contributed by atoms with E-state index in [-0.39, 0.29) is 11.2 Å². The van der Waals surface area contributed by atoms with Gasteiger partial charge in [0.2, 0.25) is 0 Å². The van der Waals surface area contributed by atoms with Crippen LogP contribution in [0.4, 0.5) is 15.9 Å². The van der Waals surface area contributed by atoms with Gasteiger partial charge in [0.25, 0.3) is 5.78 Å². The second-order valence-electron chi connectivity index (χ2n) is 8.08. The molecule has 0 unspecified atom stereocenters. The van der Waals surface area contributed by atoms with Crippen molar-refractivity contribution in [1.29, 1.82) is 0 Å². The number of hydrogen-bond donors (Lipinski definition) is 0. The molecular formula is C24H22FN5. The Kier molecular flexibility index (Phi) is 4.21. The molecule has 1 aliphatic rings. The first-order valence-corrected chi connectivity index (χ1v) is 10.2. The molecule has 5 nitrogen and oxygen atoms in total. The summed E-state index contributed by atoms with van der Waals surface area (Å²) in [6, 6.07) is 12.8. The fraction of sp³-hybridized carbons (Fsp3) is 0.292. The predicted molar refractivity (Wildman–Crippen MR) is 116 cm³/mol. The third kappa shape index (κ3) is 3.17. The fourth-order valence-electron chi connectivity index (χ4n) is 3.69. The Morgan fingerprint density at radius 2 is 2.00 bits per heavy atom. The smallest absolute Gasteiger partial charge is 0.257 e. The number of halogens is 1. The fourth-order valence-corrected chi connectivity index (χ4v) is 3.69. The molecule has 150 valence electrons. The highest BCUT2D eigenvalue weighted by atomic mass is 19.1. The van der Waals surface area contributed by atoms with Gasteiger partial charge in [-0.25, -0.2) is 4.39 Å². The zero-order chi connectivity index (χ0) is 20.9. The molecule has 0 amide bonds. The Labute approximate surface area is 174 Å². The summed E-state index contributed by atoms with van der Waals surface area (Å²) >= 11 is 0. The zero-order valence-corrected chi connectivity index (χ0v) is 17.3. The van der Waals surface area contributed by atoms with Crippen molar-refractivity contribution in [2.75, 3.05) is 11.4 Å². The van der Waals surface area contributed by atoms with Crippen LogP contribution in [-0.4, -0.2) is 26.1 Å². The molecule has 1 fully saturated rings. The predicted octanol–water partition coefficient (Wildman–Crippen LogP) is 5.03. The summed E-state index contributed by atoms with van der Waals surface area (Å²) in [5.74, 6) is 8.27. The van der Waals surface area contributed by atoms with E-state index in [1.54, 1.807) is 6.07 Å². The largest absolute Gasteiger partial charge is 0.326 e. The highest BCUT2D eigenvalue weighted by Crippen LogP contribution is 2.44. The highest BCUT2D eigenvalue weighted by Gasteiger charge is 2.35. The number of nitrogens with zero attached hydrogens (tertiary/aromatic N) is 5. The summed E-state index contributed by atoms with van der Waals surface area (Å²) in [5, 5.41) is 9.07. The second-order valence-corrected chi connectivity index (χ2v) is 8.08. The number of aromatic nitrogens is 4. The molecule has 0 bridgehead atoms. The molecule has 0 radical (unpaired) electrons. The summed E-state index contributed by atoms with van der Waals surface area (Å²) in [4.78, 5) is 6.82. The molecule has 0 spiro atoms. The van der Waals surface area contributed by atoms with E-state index < -0.39 is 0 Å². The van der Waals surface area contributed by atoms with Crippen molar-refractivity contribution in [3.8, 4) is 11.8 Å². The second kappa shape index (κ2) is 6.81. The number of hydrogen-bond acceptors (Lipinski definition) is 4. The van der Waals surface area contributed by atoms with Gasteiger partial charge in [-0.3, -0.25) is 4.40 Å². The lowest BCUT2D eigenvalue weighted by atomic mass is 10.1. The molecule has 0 atom stereocenters. The molecule has 0 N–H and O–H groups in total. The van der Waals surface area contributed by atoms with Crippen LogP contribution in [0.15, 0.2) is 42.5 Å². The minimum atomic E-state index is -0.302. The molecule has 5 rings (SSSR count). The normalized spacial score (nSPS) is 14.5. The number of rotatable bonds is 3. The van der Waals surface area contributed by atoms with Crippen LogP contribution >= 0.6 is 0 Å². The van der Waals surface area contributed by atoms with Gasteiger partial charge in [0.05, 0.1) is 5.52 Å². The molecule has 4 aromatic rings. The van der Waals surface area contributed by atoms with Crippen LogP contribution in [0.25, 0.3) is 16.7 Å². The molecular weight excluding hydrogens is 377 g/mol. The van der Waals surface area contributed by atoms with Gasteiger partial charge in [0.1, 0.15) is 17.5 Å². The van der Waals surface area contributed by atoms with E-state index in [1.807, 2.05) is 29.5 Å². The van der Waals surface area contributed by atoms with Crippen molar-refractivity contribution in [2.45, 2.75) is 33.6 Å². The monoisotopic (exact) mass is 399 g/mol. The van der Waals surface area contributed by atoms with Crippen molar-refractivity contribution in [1.82, 2.24) is 19.6 Å². The van der Waals surface area contributed by atoms with E-state index in [1.165, 1.54) is 25.0 Å². The quantitative estimate of drug-likeness (QED) is 0.453. The van der Waals surface area contributed by atoms with Crippen LogP contribution in [-0.2, 0) is 0 Å². The molecule has 30 heavy (non-hydrogen) atoms. The van der Waals surface area contributed by atoms with E-state index in [0.29, 0.717) is 23.5 Å². The maximum absolute atomic E-state index is 14.2. The van der Waals surface area contributed by atoms with Gasteiger partial charge in [0.15, 0.2) is 0 Å². The first kappa shape index (κ1) is 18.6. The van der Waals surface area contributed by atoms with Gasteiger partial charge in [-0.05, 0) is 70.0 Å². The number of benzene rings is 2. The van der Waals surface area contributed by atoms with Gasteiger partial charge < -0.3 is 4.90 Å². The average molecular weight is 399 g/mol. The average Bonchev–Trinajstić information content (AvgIpc) is 3.37. The molecule has 2 aromatic heterocycles.